The van der Waals surface area contributed by atoms with E-state index in [2.05, 4.69) is 21.3 Å². The van der Waals surface area contributed by atoms with Gasteiger partial charge < -0.3 is 45.0 Å². The van der Waals surface area contributed by atoms with Gasteiger partial charge in [0.15, 0.2) is 0 Å². The van der Waals surface area contributed by atoms with Gasteiger partial charge in [-0.25, -0.2) is 18.4 Å². The fourth-order valence-corrected chi connectivity index (χ4v) is 4.92. The lowest BCUT2D eigenvalue weighted by molar-refractivity contribution is -0.157. The Hall–Kier alpha value is -4.99. The Balaban J connectivity index is 2.13. The maximum absolute atomic E-state index is 14.5. The first-order valence-corrected chi connectivity index (χ1v) is 17.8. The SMILES string of the molecule is COc1ccc(COC[C@@H](NC(=O)OC(C)(C)C)[C@H](OC(C)=O)C(=O)NCC(C)(C)CNC(=O)CC(Cc2cc(F)ccc2F)NC(=O)OC(C)(C)C)cc1. The molecule has 0 fully saturated rings. The van der Waals surface area contributed by atoms with Crippen LogP contribution in [0.15, 0.2) is 42.5 Å². The third kappa shape index (κ3) is 18.7. The summed E-state index contributed by atoms with van der Waals surface area (Å²) in [6.07, 6.45) is -3.73. The number of esters is 1. The second kappa shape index (κ2) is 20.6. The van der Waals surface area contributed by atoms with Crippen molar-refractivity contribution >= 4 is 30.0 Å². The number of rotatable bonds is 18. The number of ether oxygens (including phenoxy) is 5. The van der Waals surface area contributed by atoms with E-state index in [-0.39, 0.29) is 44.7 Å². The molecular formula is C39H56F2N4O10. The topological polar surface area (TPSA) is 180 Å². The van der Waals surface area contributed by atoms with Crippen LogP contribution in [0.1, 0.15) is 79.9 Å². The van der Waals surface area contributed by atoms with Crippen molar-refractivity contribution in [2.24, 2.45) is 5.41 Å². The van der Waals surface area contributed by atoms with E-state index >= 15 is 0 Å². The van der Waals surface area contributed by atoms with Crippen molar-refractivity contribution in [3.8, 4) is 5.75 Å². The van der Waals surface area contributed by atoms with Crippen molar-refractivity contribution in [3.05, 3.63) is 65.2 Å². The Morgan fingerprint density at radius 1 is 0.782 bits per heavy atom. The number of benzene rings is 2. The molecule has 0 aliphatic heterocycles. The molecule has 0 aliphatic carbocycles. The molecule has 3 atom stereocenters. The van der Waals surface area contributed by atoms with Crippen molar-refractivity contribution in [1.29, 1.82) is 0 Å². The van der Waals surface area contributed by atoms with Gasteiger partial charge in [-0.3, -0.25) is 14.4 Å². The van der Waals surface area contributed by atoms with Crippen LogP contribution in [0.3, 0.4) is 0 Å². The molecule has 0 spiro atoms. The summed E-state index contributed by atoms with van der Waals surface area (Å²) in [4.78, 5) is 64.2. The lowest BCUT2D eigenvalue weighted by atomic mass is 9.93. The highest BCUT2D eigenvalue weighted by Crippen LogP contribution is 2.18. The van der Waals surface area contributed by atoms with E-state index in [1.807, 2.05) is 0 Å². The molecule has 0 aliphatic rings. The van der Waals surface area contributed by atoms with Gasteiger partial charge in [0.25, 0.3) is 5.91 Å². The normalized spacial score (nSPS) is 13.4. The highest BCUT2D eigenvalue weighted by molar-refractivity contribution is 5.85. The lowest BCUT2D eigenvalue weighted by Gasteiger charge is -2.30. The number of hydrogen-bond acceptors (Lipinski definition) is 10. The second-order valence-electron chi connectivity index (χ2n) is 15.8. The largest absolute Gasteiger partial charge is 0.497 e. The van der Waals surface area contributed by atoms with E-state index in [4.69, 9.17) is 23.7 Å². The minimum absolute atomic E-state index is 0.0240. The molecule has 2 aromatic rings. The Morgan fingerprint density at radius 2 is 1.36 bits per heavy atom. The van der Waals surface area contributed by atoms with Crippen molar-refractivity contribution < 1.29 is 56.4 Å². The van der Waals surface area contributed by atoms with E-state index in [0.717, 1.165) is 30.7 Å². The molecule has 55 heavy (non-hydrogen) atoms. The first-order chi connectivity index (χ1) is 25.4. The highest BCUT2D eigenvalue weighted by Gasteiger charge is 2.35. The van der Waals surface area contributed by atoms with Gasteiger partial charge in [-0.15, -0.1) is 0 Å². The summed E-state index contributed by atoms with van der Waals surface area (Å²) in [5.74, 6) is -2.78. The van der Waals surface area contributed by atoms with Crippen molar-refractivity contribution in [1.82, 2.24) is 21.3 Å². The quantitative estimate of drug-likeness (QED) is 0.118. The van der Waals surface area contributed by atoms with Crippen LogP contribution < -0.4 is 26.0 Å². The van der Waals surface area contributed by atoms with E-state index < -0.39 is 76.4 Å². The number of hydrogen-bond donors (Lipinski definition) is 4. The van der Waals surface area contributed by atoms with Crippen LogP contribution in [0.2, 0.25) is 0 Å². The molecule has 0 bridgehead atoms. The van der Waals surface area contributed by atoms with Gasteiger partial charge in [-0.2, -0.15) is 0 Å². The maximum Gasteiger partial charge on any atom is 0.408 e. The van der Waals surface area contributed by atoms with Gasteiger partial charge in [-0.05, 0) is 94.8 Å². The number of nitrogens with one attached hydrogen (secondary N) is 4. The molecule has 4 N–H and O–H groups in total. The zero-order valence-electron chi connectivity index (χ0n) is 33.4. The van der Waals surface area contributed by atoms with Crippen molar-refractivity contribution in [2.45, 2.75) is 111 Å². The van der Waals surface area contributed by atoms with E-state index in [9.17, 15) is 32.8 Å². The summed E-state index contributed by atoms with van der Waals surface area (Å²) in [6.45, 7) is 14.5. The van der Waals surface area contributed by atoms with E-state index in [1.54, 1.807) is 86.8 Å². The first-order valence-electron chi connectivity index (χ1n) is 17.8. The second-order valence-corrected chi connectivity index (χ2v) is 15.8. The van der Waals surface area contributed by atoms with Crippen LogP contribution in [0, 0.1) is 17.0 Å². The average Bonchev–Trinajstić information content (AvgIpc) is 3.05. The van der Waals surface area contributed by atoms with Crippen molar-refractivity contribution in [3.63, 3.8) is 0 Å². The lowest BCUT2D eigenvalue weighted by Crippen LogP contribution is -2.56. The Morgan fingerprint density at radius 3 is 1.93 bits per heavy atom. The molecule has 0 saturated heterocycles. The maximum atomic E-state index is 14.5. The Labute approximate surface area is 321 Å². The third-order valence-corrected chi connectivity index (χ3v) is 7.48. The molecule has 16 heteroatoms. The molecule has 4 amide bonds. The molecule has 2 rings (SSSR count). The molecular weight excluding hydrogens is 722 g/mol. The number of halogens is 2. The number of carbonyl (C=O) groups is 5. The first kappa shape index (κ1) is 46.2. The van der Waals surface area contributed by atoms with Gasteiger partial charge >= 0.3 is 18.2 Å². The summed E-state index contributed by atoms with van der Waals surface area (Å²) in [7, 11) is 1.54. The standard InChI is InChI=1S/C39H56F2N4O10/c1-24(46)53-33(31(45-36(50)55-38(5,6)7)21-52-20-25-11-14-29(51-10)15-12-25)34(48)43-23-39(8,9)22-42-32(47)19-28(44-35(49)54-37(2,3)4)18-26-17-27(40)13-16-30(26)41/h11-17,28,31,33H,18-23H2,1-10H3,(H,42,47)(H,43,48)(H,44,49)(H,45,50)/t28?,31-,33+/m1/s1. The van der Waals surface area contributed by atoms with Crippen LogP contribution in [0.5, 0.6) is 5.75 Å². The predicted molar refractivity (Wildman–Crippen MR) is 199 cm³/mol. The molecule has 0 saturated carbocycles. The van der Waals surface area contributed by atoms with Crippen LogP contribution >= 0.6 is 0 Å². The summed E-state index contributed by atoms with van der Waals surface area (Å²) >= 11 is 0. The molecule has 2 aromatic carbocycles. The Bertz CT molecular complexity index is 1610. The number of amides is 4. The fourth-order valence-electron chi connectivity index (χ4n) is 4.92. The highest BCUT2D eigenvalue weighted by atomic mass is 19.1. The summed E-state index contributed by atoms with van der Waals surface area (Å²) < 4.78 is 55.4. The van der Waals surface area contributed by atoms with Crippen molar-refractivity contribution in [2.75, 3.05) is 26.8 Å². The fraction of sp³-hybridized carbons (Fsp3) is 0.564. The van der Waals surface area contributed by atoms with Gasteiger partial charge in [0, 0.05) is 32.5 Å². The van der Waals surface area contributed by atoms with E-state index in [1.165, 1.54) is 0 Å². The summed E-state index contributed by atoms with van der Waals surface area (Å²) in [6, 6.07) is 7.87. The minimum atomic E-state index is -1.53. The number of methoxy groups -OCH3 is 1. The smallest absolute Gasteiger partial charge is 0.408 e. The monoisotopic (exact) mass is 778 g/mol. The molecule has 1 unspecified atom stereocenters. The summed E-state index contributed by atoms with van der Waals surface area (Å²) in [5.41, 5.74) is -1.76. The average molecular weight is 779 g/mol. The van der Waals surface area contributed by atoms with Gasteiger partial charge in [0.05, 0.1) is 20.3 Å². The van der Waals surface area contributed by atoms with Gasteiger partial charge in [0.2, 0.25) is 12.0 Å². The van der Waals surface area contributed by atoms with Gasteiger partial charge in [-0.1, -0.05) is 26.0 Å². The molecule has 0 aromatic heterocycles. The van der Waals surface area contributed by atoms with Crippen LogP contribution in [-0.2, 0) is 46.4 Å². The van der Waals surface area contributed by atoms with Crippen LogP contribution in [0.25, 0.3) is 0 Å². The number of carbonyl (C=O) groups excluding carboxylic acids is 5. The van der Waals surface area contributed by atoms with Crippen LogP contribution in [-0.4, -0.2) is 86.2 Å². The third-order valence-electron chi connectivity index (χ3n) is 7.48. The minimum Gasteiger partial charge on any atom is -0.497 e. The van der Waals surface area contributed by atoms with Gasteiger partial charge in [0.1, 0.15) is 34.6 Å². The molecule has 306 valence electrons. The zero-order chi connectivity index (χ0) is 41.6. The zero-order valence-corrected chi connectivity index (χ0v) is 33.4. The van der Waals surface area contributed by atoms with Crippen LogP contribution in [0.4, 0.5) is 18.4 Å². The Kier molecular flexibility index (Phi) is 17.3. The van der Waals surface area contributed by atoms with E-state index in [0.29, 0.717) is 5.75 Å². The molecule has 0 heterocycles. The predicted octanol–water partition coefficient (Wildman–Crippen LogP) is 5.10. The number of alkyl carbamates (subject to hydrolysis) is 2. The molecule has 0 radical (unpaired) electrons. The molecule has 14 nitrogen and oxygen atoms in total. The summed E-state index contributed by atoms with van der Waals surface area (Å²) in [5, 5.41) is 10.6.